The standard InChI is InChI=1S/C67H82O12/c1-2-3-4-6-41-8-14-45(15-9-41)66(55-28-22-49(70)37-61(55)76)57-30-24-51(72)39-63(57)78-33-5-7-42-10-16-46(17-11-42)67(56-29-23-50(71)38-62(56)77)58-31-25-52(73)40-64(58)79-34-32-43-12-18-44(19-13-43)65(53-26-20-47(68)35-59(53)74)54-27-21-48(69)36-60(54)75/h20-31,35-46,65-77H,2-19,32-34H2,1H3. The number of ether oxygens (including phenoxy) is 2. The van der Waals surface area contributed by atoms with Crippen molar-refractivity contribution < 1.29 is 60.5 Å². The second kappa shape index (κ2) is 26.3. The molecule has 6 aromatic carbocycles. The van der Waals surface area contributed by atoms with Crippen molar-refractivity contribution in [3.8, 4) is 69.0 Å². The lowest BCUT2D eigenvalue weighted by Gasteiger charge is -2.36. The normalized spacial score (nSPS) is 21.3. The first-order chi connectivity index (χ1) is 38.2. The zero-order chi connectivity index (χ0) is 55.6. The highest BCUT2D eigenvalue weighted by Crippen LogP contribution is 2.52. The van der Waals surface area contributed by atoms with Crippen molar-refractivity contribution in [2.75, 3.05) is 13.2 Å². The van der Waals surface area contributed by atoms with Gasteiger partial charge in [-0.2, -0.15) is 0 Å². The Bertz CT molecular complexity index is 2900. The quantitative estimate of drug-likeness (QED) is 0.0287. The third kappa shape index (κ3) is 14.0. The van der Waals surface area contributed by atoms with Gasteiger partial charge in [0.1, 0.15) is 69.0 Å². The van der Waals surface area contributed by atoms with E-state index >= 15 is 0 Å². The van der Waals surface area contributed by atoms with Crippen LogP contribution < -0.4 is 9.47 Å². The van der Waals surface area contributed by atoms with Crippen molar-refractivity contribution in [1.82, 2.24) is 0 Å². The summed E-state index contributed by atoms with van der Waals surface area (Å²) >= 11 is 0. The number of aromatic hydroxyl groups is 10. The largest absolute Gasteiger partial charge is 0.508 e. The Morgan fingerprint density at radius 2 is 0.620 bits per heavy atom. The molecule has 12 heteroatoms. The molecule has 3 saturated carbocycles. The van der Waals surface area contributed by atoms with Gasteiger partial charge in [0.25, 0.3) is 0 Å². The van der Waals surface area contributed by atoms with Crippen LogP contribution >= 0.6 is 0 Å². The summed E-state index contributed by atoms with van der Waals surface area (Å²) in [5.41, 5.74) is 4.47. The minimum absolute atomic E-state index is 0.00359. The van der Waals surface area contributed by atoms with E-state index in [0.717, 1.165) is 113 Å². The van der Waals surface area contributed by atoms with Crippen LogP contribution in [0.4, 0.5) is 0 Å². The fourth-order valence-corrected chi connectivity index (χ4v) is 14.0. The van der Waals surface area contributed by atoms with Crippen molar-refractivity contribution in [1.29, 1.82) is 0 Å². The van der Waals surface area contributed by atoms with Crippen LogP contribution in [0.3, 0.4) is 0 Å². The van der Waals surface area contributed by atoms with Crippen LogP contribution in [-0.4, -0.2) is 64.3 Å². The highest BCUT2D eigenvalue weighted by molar-refractivity contribution is 5.54. The average Bonchev–Trinajstić information content (AvgIpc) is 3.44. The molecule has 0 amide bonds. The smallest absolute Gasteiger partial charge is 0.126 e. The SMILES string of the molecule is CCCCCC1CCC(C(c2ccc(O)cc2O)c2ccc(O)cc2OCCCC2CCC(C(c3ccc(O)cc3O)c3ccc(O)cc3OCCC3CCC(C(c4ccc(O)cc4O)c4ccc(O)cc4O)CC3)CC2)CC1. The minimum atomic E-state index is -0.357. The summed E-state index contributed by atoms with van der Waals surface area (Å²) in [6.07, 6.45) is 19.0. The lowest BCUT2D eigenvalue weighted by Crippen LogP contribution is -2.23. The van der Waals surface area contributed by atoms with Gasteiger partial charge in [0.15, 0.2) is 0 Å². The summed E-state index contributed by atoms with van der Waals surface area (Å²) in [5, 5.41) is 107. The molecular formula is C67H82O12. The summed E-state index contributed by atoms with van der Waals surface area (Å²) in [6.45, 7) is 3.11. The summed E-state index contributed by atoms with van der Waals surface area (Å²) in [4.78, 5) is 0. The molecule has 12 nitrogen and oxygen atoms in total. The average molecular weight is 1080 g/mol. The molecule has 2 unspecified atom stereocenters. The monoisotopic (exact) mass is 1080 g/mol. The van der Waals surface area contributed by atoms with Gasteiger partial charge < -0.3 is 60.5 Å². The zero-order valence-electron chi connectivity index (χ0n) is 45.7. The first-order valence-electron chi connectivity index (χ1n) is 29.2. The third-order valence-corrected chi connectivity index (χ3v) is 18.2. The van der Waals surface area contributed by atoms with Gasteiger partial charge in [0.2, 0.25) is 0 Å². The van der Waals surface area contributed by atoms with Gasteiger partial charge in [-0.05, 0) is 130 Å². The van der Waals surface area contributed by atoms with Crippen molar-refractivity contribution >= 4 is 0 Å². The van der Waals surface area contributed by atoms with Gasteiger partial charge in [-0.25, -0.2) is 0 Å². The highest BCUT2D eigenvalue weighted by atomic mass is 16.5. The van der Waals surface area contributed by atoms with Crippen LogP contribution in [0.15, 0.2) is 109 Å². The number of rotatable bonds is 22. The number of benzene rings is 6. The van der Waals surface area contributed by atoms with Crippen LogP contribution in [0, 0.1) is 35.5 Å². The summed E-state index contributed by atoms with van der Waals surface area (Å²) in [6, 6.07) is 29.3. The van der Waals surface area contributed by atoms with Crippen molar-refractivity contribution in [2.45, 2.75) is 147 Å². The maximum Gasteiger partial charge on any atom is 0.126 e. The van der Waals surface area contributed by atoms with Gasteiger partial charge in [-0.3, -0.25) is 0 Å². The Morgan fingerprint density at radius 1 is 0.329 bits per heavy atom. The van der Waals surface area contributed by atoms with Crippen LogP contribution in [-0.2, 0) is 0 Å². The molecular weight excluding hydrogens is 997 g/mol. The van der Waals surface area contributed by atoms with Gasteiger partial charge in [0, 0.05) is 87.5 Å². The van der Waals surface area contributed by atoms with E-state index in [1.165, 1.54) is 62.1 Å². The van der Waals surface area contributed by atoms with Crippen LogP contribution in [0.2, 0.25) is 0 Å². The Balaban J connectivity index is 0.832. The van der Waals surface area contributed by atoms with Crippen molar-refractivity contribution in [3.05, 3.63) is 143 Å². The molecule has 9 rings (SSSR count). The summed E-state index contributed by atoms with van der Waals surface area (Å²) in [5.74, 6) is 2.39. The predicted octanol–water partition coefficient (Wildman–Crippen LogP) is 15.5. The molecule has 3 aliphatic rings. The molecule has 0 bridgehead atoms. The first kappa shape index (κ1) is 56.6. The van der Waals surface area contributed by atoms with Crippen LogP contribution in [0.25, 0.3) is 0 Å². The lowest BCUT2D eigenvalue weighted by molar-refractivity contribution is 0.202. The molecule has 79 heavy (non-hydrogen) atoms. The third-order valence-electron chi connectivity index (χ3n) is 18.2. The topological polar surface area (TPSA) is 221 Å². The number of hydrogen-bond donors (Lipinski definition) is 10. The lowest BCUT2D eigenvalue weighted by atomic mass is 9.70. The Morgan fingerprint density at radius 3 is 0.962 bits per heavy atom. The van der Waals surface area contributed by atoms with E-state index in [-0.39, 0.29) is 93.0 Å². The van der Waals surface area contributed by atoms with Gasteiger partial charge in [0.05, 0.1) is 13.2 Å². The second-order valence-corrected chi connectivity index (χ2v) is 23.3. The van der Waals surface area contributed by atoms with E-state index in [4.69, 9.17) is 9.47 Å². The molecule has 3 aliphatic carbocycles. The van der Waals surface area contributed by atoms with Crippen molar-refractivity contribution in [3.63, 3.8) is 0 Å². The molecule has 422 valence electrons. The first-order valence-corrected chi connectivity index (χ1v) is 29.2. The van der Waals surface area contributed by atoms with Gasteiger partial charge in [-0.1, -0.05) is 108 Å². The van der Waals surface area contributed by atoms with E-state index in [1.807, 2.05) is 18.2 Å². The Kier molecular flexibility index (Phi) is 18.8. The van der Waals surface area contributed by atoms with Crippen molar-refractivity contribution in [2.24, 2.45) is 35.5 Å². The molecule has 10 N–H and O–H groups in total. The van der Waals surface area contributed by atoms with Gasteiger partial charge in [-0.15, -0.1) is 0 Å². The Labute approximate surface area is 465 Å². The molecule has 0 saturated heterocycles. The summed E-state index contributed by atoms with van der Waals surface area (Å²) < 4.78 is 13.2. The summed E-state index contributed by atoms with van der Waals surface area (Å²) in [7, 11) is 0. The number of phenolic OH excluding ortho intramolecular Hbond substituents is 10. The van der Waals surface area contributed by atoms with Crippen LogP contribution in [0.1, 0.15) is 180 Å². The number of hydrogen-bond acceptors (Lipinski definition) is 12. The van der Waals surface area contributed by atoms with E-state index in [1.54, 1.807) is 54.6 Å². The maximum absolute atomic E-state index is 11.4. The fourth-order valence-electron chi connectivity index (χ4n) is 14.0. The maximum atomic E-state index is 11.4. The fraction of sp³-hybridized carbons (Fsp3) is 0.463. The highest BCUT2D eigenvalue weighted by Gasteiger charge is 2.37. The molecule has 0 spiro atoms. The van der Waals surface area contributed by atoms with Gasteiger partial charge >= 0.3 is 0 Å². The molecule has 3 fully saturated rings. The minimum Gasteiger partial charge on any atom is -0.508 e. The predicted molar refractivity (Wildman–Crippen MR) is 306 cm³/mol. The van der Waals surface area contributed by atoms with E-state index in [0.29, 0.717) is 59.2 Å². The second-order valence-electron chi connectivity index (χ2n) is 23.3. The van der Waals surface area contributed by atoms with E-state index in [9.17, 15) is 51.1 Å². The van der Waals surface area contributed by atoms with Crippen LogP contribution in [0.5, 0.6) is 69.0 Å². The molecule has 2 atom stereocenters. The number of unbranched alkanes of at least 4 members (excludes halogenated alkanes) is 2. The zero-order valence-corrected chi connectivity index (χ0v) is 45.7. The molecule has 6 aromatic rings. The molecule has 0 aromatic heterocycles. The molecule has 0 radical (unpaired) electrons. The molecule has 0 aliphatic heterocycles. The molecule has 0 heterocycles. The van der Waals surface area contributed by atoms with E-state index in [2.05, 4.69) is 6.92 Å². The van der Waals surface area contributed by atoms with E-state index < -0.39 is 0 Å². The number of phenols is 10. The Hall–Kier alpha value is -7.08.